The molecule has 3 aliphatic rings. The molecule has 0 radical (unpaired) electrons. The van der Waals surface area contributed by atoms with Crippen LogP contribution in [0.4, 0.5) is 0 Å². The Morgan fingerprint density at radius 3 is 2.63 bits per heavy atom. The quantitative estimate of drug-likeness (QED) is 0.461. The van der Waals surface area contributed by atoms with Gasteiger partial charge in [-0.2, -0.15) is 0 Å². The SMILES string of the molecule is COc1cc([C@H]2[C@H](O)[C@H](O)[C@H]3OC(C)(C)O[C@H]3[C@@H]2N=[N+]=[N-])cc2c1OCO2. The highest BCUT2D eigenvalue weighted by atomic mass is 16.8. The molecule has 1 aromatic rings. The van der Waals surface area contributed by atoms with E-state index in [1.165, 1.54) is 7.11 Å². The fourth-order valence-corrected chi connectivity index (χ4v) is 4.09. The zero-order valence-corrected chi connectivity index (χ0v) is 15.1. The van der Waals surface area contributed by atoms with Gasteiger partial charge in [-0.25, -0.2) is 0 Å². The van der Waals surface area contributed by atoms with Crippen LogP contribution < -0.4 is 14.2 Å². The highest BCUT2D eigenvalue weighted by molar-refractivity contribution is 5.56. The predicted octanol–water partition coefficient (Wildman–Crippen LogP) is 1.44. The van der Waals surface area contributed by atoms with Crippen LogP contribution in [0.3, 0.4) is 0 Å². The number of azide groups is 1. The third-order valence-corrected chi connectivity index (χ3v) is 5.17. The molecule has 4 rings (SSSR count). The van der Waals surface area contributed by atoms with Gasteiger partial charge in [0.2, 0.25) is 12.5 Å². The summed E-state index contributed by atoms with van der Waals surface area (Å²) in [4.78, 5) is 2.93. The average molecular weight is 379 g/mol. The first kappa shape index (κ1) is 18.1. The number of ether oxygens (including phenoxy) is 5. The summed E-state index contributed by atoms with van der Waals surface area (Å²) >= 11 is 0. The van der Waals surface area contributed by atoms with E-state index in [1.807, 2.05) is 0 Å². The molecule has 0 bridgehead atoms. The van der Waals surface area contributed by atoms with Crippen LogP contribution in [0.5, 0.6) is 17.2 Å². The average Bonchev–Trinajstić information content (AvgIpc) is 3.22. The number of aliphatic hydroxyl groups excluding tert-OH is 2. The molecular formula is C17H21N3O7. The van der Waals surface area contributed by atoms with Gasteiger partial charge in [0.15, 0.2) is 17.3 Å². The number of nitrogens with zero attached hydrogens (tertiary/aromatic N) is 3. The maximum absolute atomic E-state index is 10.8. The molecule has 1 saturated carbocycles. The second kappa shape index (κ2) is 6.43. The zero-order chi connectivity index (χ0) is 19.3. The molecule has 0 unspecified atom stereocenters. The summed E-state index contributed by atoms with van der Waals surface area (Å²) in [5.74, 6) is -0.380. The molecule has 1 saturated heterocycles. The number of methoxy groups -OCH3 is 1. The van der Waals surface area contributed by atoms with E-state index in [9.17, 15) is 10.2 Å². The third kappa shape index (κ3) is 2.86. The Morgan fingerprint density at radius 2 is 1.93 bits per heavy atom. The van der Waals surface area contributed by atoms with Gasteiger partial charge in [0.1, 0.15) is 12.2 Å². The van der Waals surface area contributed by atoms with Crippen LogP contribution in [0, 0.1) is 0 Å². The van der Waals surface area contributed by atoms with Crippen molar-refractivity contribution in [1.82, 2.24) is 0 Å². The first-order valence-electron chi connectivity index (χ1n) is 8.60. The van der Waals surface area contributed by atoms with Gasteiger partial charge in [-0.15, -0.1) is 0 Å². The Hall–Kier alpha value is -2.23. The van der Waals surface area contributed by atoms with Crippen LogP contribution >= 0.6 is 0 Å². The molecule has 1 aliphatic carbocycles. The summed E-state index contributed by atoms with van der Waals surface area (Å²) in [5, 5.41) is 25.4. The van der Waals surface area contributed by atoms with Crippen LogP contribution in [0.25, 0.3) is 10.4 Å². The second-order valence-electron chi connectivity index (χ2n) is 7.22. The lowest BCUT2D eigenvalue weighted by molar-refractivity contribution is -0.159. The van der Waals surface area contributed by atoms with Crippen LogP contribution in [0.2, 0.25) is 0 Å². The lowest BCUT2D eigenvalue weighted by Crippen LogP contribution is -2.58. The normalized spacial score (nSPS) is 36.0. The van der Waals surface area contributed by atoms with Crippen LogP contribution in [-0.2, 0) is 9.47 Å². The number of benzene rings is 1. The molecule has 2 heterocycles. The first-order chi connectivity index (χ1) is 12.9. The summed E-state index contributed by atoms with van der Waals surface area (Å²) in [5.41, 5.74) is 9.67. The van der Waals surface area contributed by atoms with Crippen molar-refractivity contribution in [1.29, 1.82) is 0 Å². The predicted molar refractivity (Wildman–Crippen MR) is 90.6 cm³/mol. The van der Waals surface area contributed by atoms with Crippen molar-refractivity contribution in [3.05, 3.63) is 28.1 Å². The van der Waals surface area contributed by atoms with Gasteiger partial charge in [-0.3, -0.25) is 0 Å². The third-order valence-electron chi connectivity index (χ3n) is 5.17. The Morgan fingerprint density at radius 1 is 1.19 bits per heavy atom. The van der Waals surface area contributed by atoms with Crippen molar-refractivity contribution in [2.45, 2.75) is 56.0 Å². The molecule has 27 heavy (non-hydrogen) atoms. The minimum atomic E-state index is -1.25. The van der Waals surface area contributed by atoms with Gasteiger partial charge in [-0.05, 0) is 37.1 Å². The lowest BCUT2D eigenvalue weighted by atomic mass is 9.73. The van der Waals surface area contributed by atoms with E-state index in [2.05, 4.69) is 10.0 Å². The van der Waals surface area contributed by atoms with Gasteiger partial charge in [0.25, 0.3) is 0 Å². The molecule has 6 atom stereocenters. The minimum Gasteiger partial charge on any atom is -0.493 e. The molecule has 0 amide bonds. The smallest absolute Gasteiger partial charge is 0.231 e. The Bertz CT molecular complexity index is 795. The van der Waals surface area contributed by atoms with E-state index >= 15 is 0 Å². The van der Waals surface area contributed by atoms with Crippen molar-refractivity contribution < 1.29 is 33.9 Å². The molecular weight excluding hydrogens is 358 g/mol. The number of aliphatic hydroxyl groups is 2. The van der Waals surface area contributed by atoms with Crippen molar-refractivity contribution in [2.75, 3.05) is 13.9 Å². The summed E-state index contributed by atoms with van der Waals surface area (Å²) in [7, 11) is 1.49. The molecule has 0 aromatic heterocycles. The van der Waals surface area contributed by atoms with E-state index in [0.717, 1.165) is 0 Å². The maximum atomic E-state index is 10.8. The Balaban J connectivity index is 1.80. The molecule has 1 aromatic carbocycles. The Labute approximate surface area is 155 Å². The second-order valence-corrected chi connectivity index (χ2v) is 7.22. The maximum Gasteiger partial charge on any atom is 0.231 e. The van der Waals surface area contributed by atoms with E-state index in [-0.39, 0.29) is 6.79 Å². The Kier molecular flexibility index (Phi) is 4.32. The standard InChI is InChI=1S/C17H21N3O7/c1-17(2)26-15-11(19-20-18)10(12(21)13(22)16(15)27-17)7-4-8(23-3)14-9(5-7)24-6-25-14/h4-5,10-13,15-16,21-22H,6H2,1-3H3/t10-,11-,12+,13+,15+,16-/m1/s1. The fourth-order valence-electron chi connectivity index (χ4n) is 4.09. The van der Waals surface area contributed by atoms with E-state index < -0.39 is 42.2 Å². The summed E-state index contributed by atoms with van der Waals surface area (Å²) in [6.45, 7) is 3.47. The lowest BCUT2D eigenvalue weighted by Gasteiger charge is -2.42. The molecule has 10 heteroatoms. The molecule has 2 N–H and O–H groups in total. The van der Waals surface area contributed by atoms with Crippen LogP contribution in [0.15, 0.2) is 17.2 Å². The van der Waals surface area contributed by atoms with E-state index in [0.29, 0.717) is 22.8 Å². The molecule has 10 nitrogen and oxygen atoms in total. The number of hydrogen-bond donors (Lipinski definition) is 2. The van der Waals surface area contributed by atoms with Gasteiger partial charge < -0.3 is 33.9 Å². The fraction of sp³-hybridized carbons (Fsp3) is 0.647. The van der Waals surface area contributed by atoms with Gasteiger partial charge >= 0.3 is 0 Å². The summed E-state index contributed by atoms with van der Waals surface area (Å²) in [6.07, 6.45) is -3.99. The highest BCUT2D eigenvalue weighted by Gasteiger charge is 2.57. The van der Waals surface area contributed by atoms with Gasteiger partial charge in [0, 0.05) is 10.8 Å². The van der Waals surface area contributed by atoms with E-state index in [4.69, 9.17) is 29.2 Å². The van der Waals surface area contributed by atoms with Crippen LogP contribution in [0.1, 0.15) is 25.3 Å². The topological polar surface area (TPSA) is 135 Å². The van der Waals surface area contributed by atoms with Crippen molar-refractivity contribution in [3.63, 3.8) is 0 Å². The highest BCUT2D eigenvalue weighted by Crippen LogP contribution is 2.49. The van der Waals surface area contributed by atoms with Gasteiger partial charge in [0.05, 0.1) is 25.4 Å². The number of hydrogen-bond acceptors (Lipinski definition) is 8. The zero-order valence-electron chi connectivity index (χ0n) is 15.1. The largest absolute Gasteiger partial charge is 0.493 e. The summed E-state index contributed by atoms with van der Waals surface area (Å²) < 4.78 is 27.8. The minimum absolute atomic E-state index is 0.0562. The van der Waals surface area contributed by atoms with Crippen molar-refractivity contribution in [3.8, 4) is 17.2 Å². The van der Waals surface area contributed by atoms with E-state index in [1.54, 1.807) is 26.0 Å². The van der Waals surface area contributed by atoms with Gasteiger partial charge in [-0.1, -0.05) is 5.11 Å². The molecule has 0 spiro atoms. The van der Waals surface area contributed by atoms with Crippen molar-refractivity contribution >= 4 is 0 Å². The monoisotopic (exact) mass is 379 g/mol. The first-order valence-corrected chi connectivity index (χ1v) is 8.60. The number of rotatable bonds is 3. The van der Waals surface area contributed by atoms with Crippen molar-refractivity contribution in [2.24, 2.45) is 5.11 Å². The summed E-state index contributed by atoms with van der Waals surface area (Å²) in [6, 6.07) is 2.56. The number of fused-ring (bicyclic) bond motifs is 2. The van der Waals surface area contributed by atoms with Crippen LogP contribution in [-0.4, -0.2) is 60.4 Å². The molecule has 2 aliphatic heterocycles. The molecule has 146 valence electrons. The molecule has 2 fully saturated rings.